The predicted octanol–water partition coefficient (Wildman–Crippen LogP) is 2.36. The highest BCUT2D eigenvalue weighted by atomic mass is 16.5. The lowest BCUT2D eigenvalue weighted by molar-refractivity contribution is -0.130. The average Bonchev–Trinajstić information content (AvgIpc) is 2.61. The Bertz CT molecular complexity index is 582. The van der Waals surface area contributed by atoms with Gasteiger partial charge in [0.2, 0.25) is 5.91 Å². The van der Waals surface area contributed by atoms with Crippen LogP contribution < -0.4 is 10.1 Å². The van der Waals surface area contributed by atoms with Gasteiger partial charge in [-0.1, -0.05) is 13.0 Å². The topological polar surface area (TPSA) is 44.8 Å². The van der Waals surface area contributed by atoms with Crippen molar-refractivity contribution in [3.8, 4) is 5.75 Å². The van der Waals surface area contributed by atoms with Crippen LogP contribution in [0.25, 0.3) is 0 Å². The van der Waals surface area contributed by atoms with Gasteiger partial charge in [0.25, 0.3) is 0 Å². The monoisotopic (exact) mass is 331 g/mol. The van der Waals surface area contributed by atoms with E-state index in [-0.39, 0.29) is 12.0 Å². The third-order valence-corrected chi connectivity index (χ3v) is 5.23. The lowest BCUT2D eigenvalue weighted by Crippen LogP contribution is -2.51. The summed E-state index contributed by atoms with van der Waals surface area (Å²) < 4.78 is 5.98. The number of hydrogen-bond donors (Lipinski definition) is 1. The van der Waals surface area contributed by atoms with Crippen LogP contribution >= 0.6 is 0 Å². The summed E-state index contributed by atoms with van der Waals surface area (Å²) in [6, 6.07) is 6.98. The first-order valence-electron chi connectivity index (χ1n) is 9.10. The number of carbonyl (C=O) groups excluding carboxylic acids is 1. The number of ether oxygens (including phenoxy) is 1. The quantitative estimate of drug-likeness (QED) is 0.920. The van der Waals surface area contributed by atoms with Crippen molar-refractivity contribution in [3.05, 3.63) is 23.8 Å². The van der Waals surface area contributed by atoms with E-state index in [9.17, 15) is 4.79 Å². The average molecular weight is 331 g/mol. The summed E-state index contributed by atoms with van der Waals surface area (Å²) >= 11 is 0. The van der Waals surface area contributed by atoms with Gasteiger partial charge < -0.3 is 15.0 Å². The van der Waals surface area contributed by atoms with Gasteiger partial charge >= 0.3 is 0 Å². The standard InChI is InChI=1S/C19H29N3O2/c1-4-17-13-20-18-12-16(5-6-19(18)24-17)11-14(2)21-7-9-22(10-8-21)15(3)23/h5-6,12,14,17,20H,4,7-11,13H2,1-3H3. The summed E-state index contributed by atoms with van der Waals surface area (Å²) in [7, 11) is 0. The van der Waals surface area contributed by atoms with Gasteiger partial charge in [-0.3, -0.25) is 9.69 Å². The SMILES string of the molecule is CCC1CNc2cc(CC(C)N3CCN(C(C)=O)CC3)ccc2O1. The predicted molar refractivity (Wildman–Crippen MR) is 96.6 cm³/mol. The summed E-state index contributed by atoms with van der Waals surface area (Å²) in [4.78, 5) is 15.9. The fourth-order valence-electron chi connectivity index (χ4n) is 3.57. The minimum Gasteiger partial charge on any atom is -0.486 e. The number of anilines is 1. The Morgan fingerprint density at radius 3 is 2.75 bits per heavy atom. The first-order valence-corrected chi connectivity index (χ1v) is 9.10. The highest BCUT2D eigenvalue weighted by molar-refractivity contribution is 5.73. The van der Waals surface area contributed by atoms with E-state index >= 15 is 0 Å². The molecule has 5 nitrogen and oxygen atoms in total. The molecule has 0 spiro atoms. The first-order chi connectivity index (χ1) is 11.6. The van der Waals surface area contributed by atoms with E-state index in [1.807, 2.05) is 4.90 Å². The molecule has 1 N–H and O–H groups in total. The van der Waals surface area contributed by atoms with Crippen LogP contribution in [0, 0.1) is 0 Å². The molecule has 2 atom stereocenters. The maximum absolute atomic E-state index is 11.4. The third-order valence-electron chi connectivity index (χ3n) is 5.23. The second-order valence-electron chi connectivity index (χ2n) is 6.95. The van der Waals surface area contributed by atoms with E-state index in [4.69, 9.17) is 4.74 Å². The van der Waals surface area contributed by atoms with Crippen LogP contribution in [0.2, 0.25) is 0 Å². The molecular weight excluding hydrogens is 302 g/mol. The molecular formula is C19H29N3O2. The third kappa shape index (κ3) is 3.83. The van der Waals surface area contributed by atoms with Gasteiger partial charge in [0, 0.05) is 39.1 Å². The molecule has 1 amide bonds. The lowest BCUT2D eigenvalue weighted by atomic mass is 10.0. The maximum atomic E-state index is 11.4. The van der Waals surface area contributed by atoms with Crippen molar-refractivity contribution < 1.29 is 9.53 Å². The fraction of sp³-hybridized carbons (Fsp3) is 0.632. The molecule has 0 radical (unpaired) electrons. The van der Waals surface area contributed by atoms with Crippen LogP contribution in [0.4, 0.5) is 5.69 Å². The van der Waals surface area contributed by atoms with Crippen LogP contribution in [0.3, 0.4) is 0 Å². The molecule has 2 unspecified atom stereocenters. The molecule has 2 aliphatic rings. The zero-order valence-electron chi connectivity index (χ0n) is 15.0. The Morgan fingerprint density at radius 2 is 2.08 bits per heavy atom. The number of hydrogen-bond acceptors (Lipinski definition) is 4. The Morgan fingerprint density at radius 1 is 1.33 bits per heavy atom. The molecule has 0 aromatic heterocycles. The van der Waals surface area contributed by atoms with Crippen LogP contribution in [-0.4, -0.2) is 60.6 Å². The molecule has 3 rings (SSSR count). The van der Waals surface area contributed by atoms with Crippen LogP contribution in [0.5, 0.6) is 5.75 Å². The molecule has 5 heteroatoms. The van der Waals surface area contributed by atoms with Crippen molar-refractivity contribution >= 4 is 11.6 Å². The smallest absolute Gasteiger partial charge is 0.219 e. The zero-order chi connectivity index (χ0) is 17.1. The van der Waals surface area contributed by atoms with Gasteiger partial charge in [-0.25, -0.2) is 0 Å². The molecule has 2 aliphatic heterocycles. The normalized spacial score (nSPS) is 22.3. The highest BCUT2D eigenvalue weighted by Crippen LogP contribution is 2.31. The highest BCUT2D eigenvalue weighted by Gasteiger charge is 2.23. The summed E-state index contributed by atoms with van der Waals surface area (Å²) in [6.45, 7) is 10.6. The largest absolute Gasteiger partial charge is 0.486 e. The first kappa shape index (κ1) is 17.1. The fourth-order valence-corrected chi connectivity index (χ4v) is 3.57. The Hall–Kier alpha value is -1.75. The number of nitrogens with one attached hydrogen (secondary N) is 1. The molecule has 132 valence electrons. The van der Waals surface area contributed by atoms with E-state index < -0.39 is 0 Å². The van der Waals surface area contributed by atoms with Gasteiger partial charge in [0.15, 0.2) is 0 Å². The van der Waals surface area contributed by atoms with E-state index in [0.717, 1.165) is 57.0 Å². The van der Waals surface area contributed by atoms with E-state index in [0.29, 0.717) is 6.04 Å². The van der Waals surface area contributed by atoms with Crippen molar-refractivity contribution in [1.29, 1.82) is 0 Å². The van der Waals surface area contributed by atoms with Gasteiger partial charge in [-0.15, -0.1) is 0 Å². The molecule has 1 fully saturated rings. The molecule has 0 aliphatic carbocycles. The lowest BCUT2D eigenvalue weighted by Gasteiger charge is -2.38. The van der Waals surface area contributed by atoms with E-state index in [2.05, 4.69) is 42.3 Å². The van der Waals surface area contributed by atoms with Crippen molar-refractivity contribution in [2.24, 2.45) is 0 Å². The van der Waals surface area contributed by atoms with Crippen LogP contribution in [0.1, 0.15) is 32.8 Å². The molecule has 1 saturated heterocycles. The molecule has 0 saturated carbocycles. The number of fused-ring (bicyclic) bond motifs is 1. The van der Waals surface area contributed by atoms with Crippen molar-refractivity contribution in [2.75, 3.05) is 38.0 Å². The zero-order valence-corrected chi connectivity index (χ0v) is 15.0. The molecule has 2 heterocycles. The number of nitrogens with zero attached hydrogens (tertiary/aromatic N) is 2. The van der Waals surface area contributed by atoms with Crippen molar-refractivity contribution in [2.45, 2.75) is 45.8 Å². The molecule has 1 aromatic rings. The minimum atomic E-state index is 0.188. The Balaban J connectivity index is 1.57. The summed E-state index contributed by atoms with van der Waals surface area (Å²) in [5.74, 6) is 1.16. The number of piperazine rings is 1. The number of rotatable bonds is 4. The van der Waals surface area contributed by atoms with Crippen LogP contribution in [-0.2, 0) is 11.2 Å². The summed E-state index contributed by atoms with van der Waals surface area (Å²) in [6.07, 6.45) is 2.32. The van der Waals surface area contributed by atoms with Gasteiger partial charge in [0.1, 0.15) is 11.9 Å². The second-order valence-corrected chi connectivity index (χ2v) is 6.95. The Labute approximate surface area is 145 Å². The maximum Gasteiger partial charge on any atom is 0.219 e. The Kier molecular flexibility index (Phi) is 5.29. The van der Waals surface area contributed by atoms with Gasteiger partial charge in [-0.05, 0) is 37.5 Å². The summed E-state index contributed by atoms with van der Waals surface area (Å²) in [5.41, 5.74) is 2.45. The number of amides is 1. The molecule has 0 bridgehead atoms. The number of benzene rings is 1. The van der Waals surface area contributed by atoms with E-state index in [1.54, 1.807) is 6.92 Å². The summed E-state index contributed by atoms with van der Waals surface area (Å²) in [5, 5.41) is 3.49. The van der Waals surface area contributed by atoms with Crippen molar-refractivity contribution in [1.82, 2.24) is 9.80 Å². The van der Waals surface area contributed by atoms with Crippen molar-refractivity contribution in [3.63, 3.8) is 0 Å². The number of carbonyl (C=O) groups is 1. The van der Waals surface area contributed by atoms with Crippen LogP contribution in [0.15, 0.2) is 18.2 Å². The van der Waals surface area contributed by atoms with Gasteiger partial charge in [-0.2, -0.15) is 0 Å². The second kappa shape index (κ2) is 7.43. The minimum absolute atomic E-state index is 0.188. The van der Waals surface area contributed by atoms with Gasteiger partial charge in [0.05, 0.1) is 12.2 Å². The molecule has 24 heavy (non-hydrogen) atoms. The van der Waals surface area contributed by atoms with E-state index in [1.165, 1.54) is 5.56 Å². The molecule has 1 aromatic carbocycles.